The van der Waals surface area contributed by atoms with E-state index in [1.54, 1.807) is 7.11 Å². The second-order valence-corrected chi connectivity index (χ2v) is 5.66. The van der Waals surface area contributed by atoms with E-state index in [1.165, 1.54) is 0 Å². The fraction of sp³-hybridized carbons (Fsp3) is 0.136. The Morgan fingerprint density at radius 2 is 1.60 bits per heavy atom. The number of hydrogen-bond acceptors (Lipinski definition) is 3. The summed E-state index contributed by atoms with van der Waals surface area (Å²) in [6.07, 6.45) is 0.343. The van der Waals surface area contributed by atoms with Crippen LogP contribution < -0.4 is 9.47 Å². The van der Waals surface area contributed by atoms with E-state index >= 15 is 0 Å². The van der Waals surface area contributed by atoms with Crippen LogP contribution in [-0.2, 0) is 13.0 Å². The number of benzene rings is 3. The number of methoxy groups -OCH3 is 1. The molecule has 0 spiro atoms. The zero-order chi connectivity index (χ0) is 17.5. The first kappa shape index (κ1) is 16.6. The Hall–Kier alpha value is -3.25. The van der Waals surface area contributed by atoms with Gasteiger partial charge in [0.25, 0.3) is 0 Å². The zero-order valence-electron chi connectivity index (χ0n) is 14.1. The molecular formula is C22H19NO2. The minimum atomic E-state index is 0.343. The lowest BCUT2D eigenvalue weighted by Crippen LogP contribution is -1.95. The lowest BCUT2D eigenvalue weighted by molar-refractivity contribution is 0.306. The van der Waals surface area contributed by atoms with Crippen molar-refractivity contribution in [2.75, 3.05) is 7.11 Å². The van der Waals surface area contributed by atoms with Gasteiger partial charge in [0.05, 0.1) is 19.6 Å². The fourth-order valence-corrected chi connectivity index (χ4v) is 2.64. The number of hydrogen-bond donors (Lipinski definition) is 0. The van der Waals surface area contributed by atoms with Gasteiger partial charge in [-0.15, -0.1) is 0 Å². The van der Waals surface area contributed by atoms with E-state index in [1.807, 2.05) is 72.8 Å². The molecule has 0 amide bonds. The van der Waals surface area contributed by atoms with Crippen molar-refractivity contribution in [3.63, 3.8) is 0 Å². The summed E-state index contributed by atoms with van der Waals surface area (Å²) < 4.78 is 11.2. The van der Waals surface area contributed by atoms with Crippen LogP contribution in [-0.4, -0.2) is 7.11 Å². The van der Waals surface area contributed by atoms with Crippen LogP contribution in [0.4, 0.5) is 0 Å². The Bertz CT molecular complexity index is 865. The SMILES string of the molecule is COc1cc(-c2ccc(OCc3ccccc3)cc2)ccc1CC#N. The topological polar surface area (TPSA) is 42.2 Å². The van der Waals surface area contributed by atoms with Gasteiger partial charge in [0.2, 0.25) is 0 Å². The van der Waals surface area contributed by atoms with Gasteiger partial charge in [0.15, 0.2) is 0 Å². The molecule has 0 unspecified atom stereocenters. The van der Waals surface area contributed by atoms with E-state index in [2.05, 4.69) is 6.07 Å². The Kier molecular flexibility index (Phi) is 5.33. The molecule has 3 aromatic rings. The summed E-state index contributed by atoms with van der Waals surface area (Å²) in [4.78, 5) is 0. The van der Waals surface area contributed by atoms with Crippen LogP contribution in [0.25, 0.3) is 11.1 Å². The lowest BCUT2D eigenvalue weighted by atomic mass is 10.0. The Morgan fingerprint density at radius 1 is 0.880 bits per heavy atom. The van der Waals surface area contributed by atoms with Gasteiger partial charge < -0.3 is 9.47 Å². The highest BCUT2D eigenvalue weighted by Crippen LogP contribution is 2.29. The predicted molar refractivity (Wildman–Crippen MR) is 98.5 cm³/mol. The van der Waals surface area contributed by atoms with Crippen LogP contribution in [0.2, 0.25) is 0 Å². The minimum Gasteiger partial charge on any atom is -0.496 e. The monoisotopic (exact) mass is 329 g/mol. The molecule has 0 saturated heterocycles. The average Bonchev–Trinajstić information content (AvgIpc) is 2.68. The first-order chi connectivity index (χ1) is 12.3. The molecule has 0 bridgehead atoms. The Labute approximate surface area is 148 Å². The van der Waals surface area contributed by atoms with Gasteiger partial charge in [0.1, 0.15) is 18.1 Å². The maximum atomic E-state index is 8.87. The van der Waals surface area contributed by atoms with Crippen LogP contribution in [0.3, 0.4) is 0 Å². The van der Waals surface area contributed by atoms with Gasteiger partial charge in [-0.2, -0.15) is 5.26 Å². The third-order valence-electron chi connectivity index (χ3n) is 3.99. The molecule has 0 heterocycles. The standard InChI is InChI=1S/C22H19NO2/c1-24-22-15-20(8-7-19(22)13-14-23)18-9-11-21(12-10-18)25-16-17-5-3-2-4-6-17/h2-12,15H,13,16H2,1H3. The predicted octanol–water partition coefficient (Wildman–Crippen LogP) is 5.01. The number of rotatable bonds is 6. The van der Waals surface area contributed by atoms with E-state index in [0.29, 0.717) is 13.0 Å². The van der Waals surface area contributed by atoms with Crippen LogP contribution in [0.15, 0.2) is 72.8 Å². The van der Waals surface area contributed by atoms with E-state index in [9.17, 15) is 0 Å². The average molecular weight is 329 g/mol. The van der Waals surface area contributed by atoms with Gasteiger partial charge in [-0.25, -0.2) is 0 Å². The molecule has 124 valence electrons. The molecule has 0 N–H and O–H groups in total. The molecule has 0 saturated carbocycles. The smallest absolute Gasteiger partial charge is 0.123 e. The second kappa shape index (κ2) is 8.03. The highest BCUT2D eigenvalue weighted by molar-refractivity contribution is 5.67. The molecule has 3 aromatic carbocycles. The summed E-state index contributed by atoms with van der Waals surface area (Å²) in [5, 5.41) is 8.87. The maximum absolute atomic E-state index is 8.87. The van der Waals surface area contributed by atoms with Gasteiger partial charge in [-0.1, -0.05) is 54.6 Å². The van der Waals surface area contributed by atoms with Crippen molar-refractivity contribution in [3.8, 4) is 28.7 Å². The summed E-state index contributed by atoms with van der Waals surface area (Å²) in [7, 11) is 1.63. The number of nitriles is 1. The van der Waals surface area contributed by atoms with Gasteiger partial charge in [-0.05, 0) is 34.9 Å². The molecule has 0 aromatic heterocycles. The lowest BCUT2D eigenvalue weighted by Gasteiger charge is -2.10. The van der Waals surface area contributed by atoms with E-state index in [-0.39, 0.29) is 0 Å². The van der Waals surface area contributed by atoms with E-state index < -0.39 is 0 Å². The Morgan fingerprint density at radius 3 is 2.28 bits per heavy atom. The third-order valence-corrected chi connectivity index (χ3v) is 3.99. The summed E-state index contributed by atoms with van der Waals surface area (Å²) in [6, 6.07) is 26.2. The van der Waals surface area contributed by atoms with Crippen LogP contribution >= 0.6 is 0 Å². The fourth-order valence-electron chi connectivity index (χ4n) is 2.64. The number of ether oxygens (including phenoxy) is 2. The van der Waals surface area contributed by atoms with Crippen LogP contribution in [0, 0.1) is 11.3 Å². The molecular weight excluding hydrogens is 310 g/mol. The van der Waals surface area contributed by atoms with Crippen molar-refractivity contribution in [3.05, 3.63) is 83.9 Å². The largest absolute Gasteiger partial charge is 0.496 e. The molecule has 0 atom stereocenters. The normalized spacial score (nSPS) is 10.1. The van der Waals surface area contributed by atoms with Crippen molar-refractivity contribution in [2.45, 2.75) is 13.0 Å². The molecule has 25 heavy (non-hydrogen) atoms. The maximum Gasteiger partial charge on any atom is 0.123 e. The van der Waals surface area contributed by atoms with Crippen molar-refractivity contribution >= 4 is 0 Å². The van der Waals surface area contributed by atoms with Crippen LogP contribution in [0.5, 0.6) is 11.5 Å². The quantitative estimate of drug-likeness (QED) is 0.638. The molecule has 0 fully saturated rings. The molecule has 0 aliphatic rings. The van der Waals surface area contributed by atoms with Crippen LogP contribution in [0.1, 0.15) is 11.1 Å². The molecule has 3 heteroatoms. The highest BCUT2D eigenvalue weighted by atomic mass is 16.5. The molecule has 0 aliphatic heterocycles. The van der Waals surface area contributed by atoms with Crippen molar-refractivity contribution in [2.24, 2.45) is 0 Å². The van der Waals surface area contributed by atoms with E-state index in [0.717, 1.165) is 33.8 Å². The summed E-state index contributed by atoms with van der Waals surface area (Å²) in [5.74, 6) is 1.57. The number of nitrogens with zero attached hydrogens (tertiary/aromatic N) is 1. The van der Waals surface area contributed by atoms with E-state index in [4.69, 9.17) is 14.7 Å². The van der Waals surface area contributed by atoms with Gasteiger partial charge in [-0.3, -0.25) is 0 Å². The first-order valence-electron chi connectivity index (χ1n) is 8.11. The third kappa shape index (κ3) is 4.19. The second-order valence-electron chi connectivity index (χ2n) is 5.66. The summed E-state index contributed by atoms with van der Waals surface area (Å²) >= 11 is 0. The van der Waals surface area contributed by atoms with Crippen molar-refractivity contribution < 1.29 is 9.47 Å². The van der Waals surface area contributed by atoms with Gasteiger partial charge >= 0.3 is 0 Å². The molecule has 0 aliphatic carbocycles. The van der Waals surface area contributed by atoms with Crippen molar-refractivity contribution in [1.29, 1.82) is 5.26 Å². The molecule has 3 nitrogen and oxygen atoms in total. The highest BCUT2D eigenvalue weighted by Gasteiger charge is 2.06. The Balaban J connectivity index is 1.73. The summed E-state index contributed by atoms with van der Waals surface area (Å²) in [5.41, 5.74) is 4.17. The zero-order valence-corrected chi connectivity index (χ0v) is 14.1. The van der Waals surface area contributed by atoms with Crippen molar-refractivity contribution in [1.82, 2.24) is 0 Å². The molecule has 3 rings (SSSR count). The summed E-state index contributed by atoms with van der Waals surface area (Å²) in [6.45, 7) is 0.552. The molecule has 0 radical (unpaired) electrons. The minimum absolute atomic E-state index is 0.343. The first-order valence-corrected chi connectivity index (χ1v) is 8.11. The van der Waals surface area contributed by atoms with Gasteiger partial charge in [0, 0.05) is 5.56 Å².